The van der Waals surface area contributed by atoms with Gasteiger partial charge in [-0.1, -0.05) is 18.2 Å². The standard InChI is InChI=1S/C20H25N5O2/c1-2-27-18-8-10-21-19(22-18)23-11-5-12-24(15-14-23)20(26)25-13-9-16-6-3-4-7-17(16)25/h3-4,6-8,10H,2,5,9,11-15H2,1H3. The summed E-state index contributed by atoms with van der Waals surface area (Å²) in [6, 6.07) is 10.0. The Balaban J connectivity index is 1.43. The minimum atomic E-state index is 0.103. The Morgan fingerprint density at radius 1 is 1.11 bits per heavy atom. The van der Waals surface area contributed by atoms with E-state index >= 15 is 0 Å². The van der Waals surface area contributed by atoms with Gasteiger partial charge in [-0.05, 0) is 31.4 Å². The van der Waals surface area contributed by atoms with Crippen LogP contribution in [0.25, 0.3) is 0 Å². The zero-order valence-electron chi connectivity index (χ0n) is 15.7. The summed E-state index contributed by atoms with van der Waals surface area (Å²) in [4.78, 5) is 27.9. The van der Waals surface area contributed by atoms with Gasteiger partial charge in [0.05, 0.1) is 6.61 Å². The molecule has 142 valence electrons. The van der Waals surface area contributed by atoms with Crippen LogP contribution in [0.5, 0.6) is 5.88 Å². The maximum atomic E-state index is 13.1. The van der Waals surface area contributed by atoms with Crippen LogP contribution in [0.3, 0.4) is 0 Å². The zero-order chi connectivity index (χ0) is 18.6. The van der Waals surface area contributed by atoms with Crippen molar-refractivity contribution in [2.45, 2.75) is 19.8 Å². The number of rotatable bonds is 3. The molecule has 0 radical (unpaired) electrons. The number of urea groups is 1. The second-order valence-electron chi connectivity index (χ2n) is 6.77. The van der Waals surface area contributed by atoms with Crippen LogP contribution in [0.15, 0.2) is 36.5 Å². The molecule has 0 saturated carbocycles. The molecule has 2 amide bonds. The van der Waals surface area contributed by atoms with Crippen LogP contribution >= 0.6 is 0 Å². The van der Waals surface area contributed by atoms with Crippen molar-refractivity contribution in [1.82, 2.24) is 14.9 Å². The number of hydrogen-bond donors (Lipinski definition) is 0. The highest BCUT2D eigenvalue weighted by molar-refractivity contribution is 5.94. The van der Waals surface area contributed by atoms with Gasteiger partial charge in [0.2, 0.25) is 11.8 Å². The molecule has 7 heteroatoms. The quantitative estimate of drug-likeness (QED) is 0.834. The minimum absolute atomic E-state index is 0.103. The van der Waals surface area contributed by atoms with Crippen LogP contribution in [-0.2, 0) is 6.42 Å². The van der Waals surface area contributed by atoms with Crippen molar-refractivity contribution >= 4 is 17.7 Å². The Kier molecular flexibility index (Phi) is 5.09. The molecular formula is C20H25N5O2. The molecular weight excluding hydrogens is 342 g/mol. The highest BCUT2D eigenvalue weighted by atomic mass is 16.5. The van der Waals surface area contributed by atoms with Crippen LogP contribution in [0.2, 0.25) is 0 Å². The Bertz CT molecular complexity index is 812. The van der Waals surface area contributed by atoms with Gasteiger partial charge in [-0.15, -0.1) is 0 Å². The number of ether oxygens (including phenoxy) is 1. The first-order chi connectivity index (χ1) is 13.3. The number of anilines is 2. The van der Waals surface area contributed by atoms with Gasteiger partial charge in [0.25, 0.3) is 0 Å². The van der Waals surface area contributed by atoms with E-state index < -0.39 is 0 Å². The molecule has 1 aromatic heterocycles. The van der Waals surface area contributed by atoms with Gasteiger partial charge in [0, 0.05) is 50.7 Å². The van der Waals surface area contributed by atoms with Crippen molar-refractivity contribution in [3.8, 4) is 5.88 Å². The van der Waals surface area contributed by atoms with Gasteiger partial charge < -0.3 is 14.5 Å². The molecule has 1 fully saturated rings. The average molecular weight is 367 g/mol. The van der Waals surface area contributed by atoms with Crippen LogP contribution in [0, 0.1) is 0 Å². The third kappa shape index (κ3) is 3.67. The van der Waals surface area contributed by atoms with Crippen molar-refractivity contribution in [3.05, 3.63) is 42.1 Å². The molecule has 7 nitrogen and oxygen atoms in total. The highest BCUT2D eigenvalue weighted by Crippen LogP contribution is 2.28. The predicted molar refractivity (Wildman–Crippen MR) is 104 cm³/mol. The number of amides is 2. The molecule has 0 spiro atoms. The van der Waals surface area contributed by atoms with Crippen LogP contribution < -0.4 is 14.5 Å². The molecule has 1 saturated heterocycles. The summed E-state index contributed by atoms with van der Waals surface area (Å²) in [6.45, 7) is 6.24. The van der Waals surface area contributed by atoms with Crippen molar-refractivity contribution in [2.75, 3.05) is 49.1 Å². The van der Waals surface area contributed by atoms with Gasteiger partial charge in [-0.3, -0.25) is 4.90 Å². The van der Waals surface area contributed by atoms with Gasteiger partial charge in [0.15, 0.2) is 0 Å². The molecule has 1 aromatic carbocycles. The number of para-hydroxylation sites is 1. The van der Waals surface area contributed by atoms with Crippen molar-refractivity contribution in [1.29, 1.82) is 0 Å². The number of carbonyl (C=O) groups excluding carboxylic acids is 1. The topological polar surface area (TPSA) is 61.8 Å². The van der Waals surface area contributed by atoms with Crippen molar-refractivity contribution < 1.29 is 9.53 Å². The molecule has 0 bridgehead atoms. The maximum Gasteiger partial charge on any atom is 0.324 e. The van der Waals surface area contributed by atoms with Gasteiger partial charge in [-0.2, -0.15) is 4.98 Å². The predicted octanol–water partition coefficient (Wildman–Crippen LogP) is 2.57. The molecule has 0 N–H and O–H groups in total. The van der Waals surface area contributed by atoms with E-state index in [0.29, 0.717) is 25.0 Å². The maximum absolute atomic E-state index is 13.1. The zero-order valence-corrected chi connectivity index (χ0v) is 15.7. The lowest BCUT2D eigenvalue weighted by molar-refractivity contribution is 0.208. The summed E-state index contributed by atoms with van der Waals surface area (Å²) in [5.74, 6) is 1.26. The van der Waals surface area contributed by atoms with E-state index in [9.17, 15) is 4.79 Å². The normalized spacial score (nSPS) is 16.9. The molecule has 2 aromatic rings. The first-order valence-electron chi connectivity index (χ1n) is 9.61. The van der Waals surface area contributed by atoms with Gasteiger partial charge in [0.1, 0.15) is 0 Å². The highest BCUT2D eigenvalue weighted by Gasteiger charge is 2.29. The number of hydrogen-bond acceptors (Lipinski definition) is 5. The van der Waals surface area contributed by atoms with E-state index in [-0.39, 0.29) is 6.03 Å². The smallest absolute Gasteiger partial charge is 0.324 e. The van der Waals surface area contributed by atoms with E-state index in [1.54, 1.807) is 12.3 Å². The summed E-state index contributed by atoms with van der Waals surface area (Å²) in [7, 11) is 0. The number of fused-ring (bicyclic) bond motifs is 1. The van der Waals surface area contributed by atoms with E-state index in [4.69, 9.17) is 4.74 Å². The Morgan fingerprint density at radius 3 is 2.89 bits per heavy atom. The number of aromatic nitrogens is 2. The minimum Gasteiger partial charge on any atom is -0.478 e. The van der Waals surface area contributed by atoms with Gasteiger partial charge >= 0.3 is 6.03 Å². The summed E-state index contributed by atoms with van der Waals surface area (Å²) in [5, 5.41) is 0. The monoisotopic (exact) mass is 367 g/mol. The lowest BCUT2D eigenvalue weighted by atomic mass is 10.2. The fraction of sp³-hybridized carbons (Fsp3) is 0.450. The fourth-order valence-electron chi connectivity index (χ4n) is 3.73. The third-order valence-electron chi connectivity index (χ3n) is 5.08. The molecule has 4 rings (SSSR count). The van der Waals surface area contributed by atoms with E-state index in [1.165, 1.54) is 5.56 Å². The molecule has 3 heterocycles. The van der Waals surface area contributed by atoms with E-state index in [0.717, 1.165) is 44.7 Å². The number of nitrogens with zero attached hydrogens (tertiary/aromatic N) is 5. The summed E-state index contributed by atoms with van der Waals surface area (Å²) < 4.78 is 5.48. The summed E-state index contributed by atoms with van der Waals surface area (Å²) >= 11 is 0. The van der Waals surface area contributed by atoms with E-state index in [1.807, 2.05) is 34.9 Å². The van der Waals surface area contributed by atoms with E-state index in [2.05, 4.69) is 20.9 Å². The van der Waals surface area contributed by atoms with Crippen LogP contribution in [-0.4, -0.2) is 60.2 Å². The van der Waals surface area contributed by atoms with Crippen LogP contribution in [0.4, 0.5) is 16.4 Å². The molecule has 2 aliphatic rings. The second kappa shape index (κ2) is 7.82. The Labute approximate surface area is 159 Å². The van der Waals surface area contributed by atoms with Crippen molar-refractivity contribution in [2.24, 2.45) is 0 Å². The lowest BCUT2D eigenvalue weighted by Gasteiger charge is -2.27. The Morgan fingerprint density at radius 2 is 2.00 bits per heavy atom. The third-order valence-corrected chi connectivity index (χ3v) is 5.08. The molecule has 0 aliphatic carbocycles. The number of benzene rings is 1. The fourth-order valence-corrected chi connectivity index (χ4v) is 3.73. The first-order valence-corrected chi connectivity index (χ1v) is 9.61. The number of carbonyl (C=O) groups is 1. The Hall–Kier alpha value is -2.83. The SMILES string of the molecule is CCOc1ccnc(N2CCCN(C(=O)N3CCc4ccccc43)CC2)n1. The summed E-state index contributed by atoms with van der Waals surface area (Å²) in [5.41, 5.74) is 2.31. The van der Waals surface area contributed by atoms with Crippen LogP contribution in [0.1, 0.15) is 18.9 Å². The average Bonchev–Trinajstić information content (AvgIpc) is 2.97. The second-order valence-corrected chi connectivity index (χ2v) is 6.77. The summed E-state index contributed by atoms with van der Waals surface area (Å²) in [6.07, 6.45) is 3.55. The van der Waals surface area contributed by atoms with Gasteiger partial charge in [-0.25, -0.2) is 9.78 Å². The molecule has 2 aliphatic heterocycles. The molecule has 0 unspecified atom stereocenters. The first kappa shape index (κ1) is 17.6. The largest absolute Gasteiger partial charge is 0.478 e. The lowest BCUT2D eigenvalue weighted by Crippen LogP contribution is -2.44. The molecule has 0 atom stereocenters. The molecule has 27 heavy (non-hydrogen) atoms. The van der Waals surface area contributed by atoms with Crippen molar-refractivity contribution in [3.63, 3.8) is 0 Å².